The van der Waals surface area contributed by atoms with E-state index in [4.69, 9.17) is 10.5 Å². The lowest BCUT2D eigenvalue weighted by Gasteiger charge is -2.12. The van der Waals surface area contributed by atoms with Crippen LogP contribution >= 0.6 is 0 Å². The van der Waals surface area contributed by atoms with Crippen molar-refractivity contribution in [1.29, 1.82) is 10.5 Å². The first-order chi connectivity index (χ1) is 19.3. The fourth-order valence-electron chi connectivity index (χ4n) is 3.70. The topological polar surface area (TPSA) is 111 Å². The SMILES string of the molecule is CC.CC1CCN(C#N)C1.CCC(C)Cc1ccc(-n2cc(CC#N)cn2)nc1C(C)=O.CCC/C=C\C=NC. The fourth-order valence-corrected chi connectivity index (χ4v) is 3.70. The van der Waals surface area contributed by atoms with Crippen LogP contribution in [-0.4, -0.2) is 51.8 Å². The molecule has 0 aliphatic carbocycles. The predicted molar refractivity (Wildman–Crippen MR) is 165 cm³/mol. The Balaban J connectivity index is 0.000000691. The molecule has 0 radical (unpaired) electrons. The molecule has 3 rings (SSSR count). The summed E-state index contributed by atoms with van der Waals surface area (Å²) in [6.07, 6.45) is 17.2. The molecule has 2 aromatic rings. The maximum absolute atomic E-state index is 11.9. The molecule has 1 fully saturated rings. The molecule has 1 aliphatic heterocycles. The lowest BCUT2D eigenvalue weighted by atomic mass is 9.97. The number of nitrogens with zero attached hydrogens (tertiary/aromatic N) is 7. The van der Waals surface area contributed by atoms with Crippen LogP contribution in [0.1, 0.15) is 95.8 Å². The van der Waals surface area contributed by atoms with Gasteiger partial charge in [0.2, 0.25) is 0 Å². The molecular weight excluding hydrogens is 498 g/mol. The Hall–Kier alpha value is -3.78. The maximum Gasteiger partial charge on any atom is 0.179 e. The van der Waals surface area contributed by atoms with Crippen molar-refractivity contribution in [2.24, 2.45) is 16.8 Å². The highest BCUT2D eigenvalue weighted by Gasteiger charge is 2.16. The smallest absolute Gasteiger partial charge is 0.179 e. The molecule has 0 bridgehead atoms. The number of ketones is 1. The van der Waals surface area contributed by atoms with Crippen molar-refractivity contribution >= 4 is 12.0 Å². The Labute approximate surface area is 242 Å². The van der Waals surface area contributed by atoms with Gasteiger partial charge in [-0.2, -0.15) is 15.6 Å². The van der Waals surface area contributed by atoms with Crippen molar-refractivity contribution in [2.45, 2.75) is 87.0 Å². The van der Waals surface area contributed by atoms with Gasteiger partial charge in [0, 0.05) is 45.0 Å². The van der Waals surface area contributed by atoms with E-state index in [9.17, 15) is 4.79 Å². The molecule has 8 nitrogen and oxygen atoms in total. The molecule has 40 heavy (non-hydrogen) atoms. The standard InChI is InChI=1S/C17H20N4O.C7H13N.C6H10N2.C2H6/c1-4-12(2)9-15-5-6-16(20-17(15)13(3)22)21-11-14(7-8-18)10-19-21;1-3-4-5-6-7-8-2;1-6-2-3-8(4-6)5-7;1-2/h5-6,10-12H,4,7,9H2,1-3H3;5-7H,3-4H2,1-2H3;6H,2-4H2,1H3;1-2H3/b;6-5-,8-7?;;. The third-order valence-electron chi connectivity index (χ3n) is 6.11. The van der Waals surface area contributed by atoms with Gasteiger partial charge in [-0.05, 0) is 48.8 Å². The molecule has 0 spiro atoms. The number of aromatic nitrogens is 3. The zero-order valence-corrected chi connectivity index (χ0v) is 25.9. The zero-order chi connectivity index (χ0) is 30.3. The number of rotatable bonds is 9. The monoisotopic (exact) mass is 547 g/mol. The van der Waals surface area contributed by atoms with E-state index in [0.29, 0.717) is 23.9 Å². The first-order valence-electron chi connectivity index (χ1n) is 14.4. The quantitative estimate of drug-likeness (QED) is 0.190. The van der Waals surface area contributed by atoms with Gasteiger partial charge in [0.15, 0.2) is 17.8 Å². The summed E-state index contributed by atoms with van der Waals surface area (Å²) >= 11 is 0. The van der Waals surface area contributed by atoms with E-state index < -0.39 is 0 Å². The summed E-state index contributed by atoms with van der Waals surface area (Å²) in [5, 5.41) is 21.3. The van der Waals surface area contributed by atoms with Gasteiger partial charge in [-0.1, -0.05) is 66.5 Å². The highest BCUT2D eigenvalue weighted by Crippen LogP contribution is 2.18. The number of unbranched alkanes of at least 4 members (excludes halogenated alkanes) is 1. The number of likely N-dealkylation sites (tertiary alicyclic amines) is 1. The van der Waals surface area contributed by atoms with Gasteiger partial charge in [-0.15, -0.1) is 0 Å². The molecule has 3 heterocycles. The van der Waals surface area contributed by atoms with Gasteiger partial charge in [0.1, 0.15) is 5.69 Å². The Morgan fingerprint density at radius 3 is 2.50 bits per heavy atom. The van der Waals surface area contributed by atoms with E-state index in [2.05, 4.69) is 61.1 Å². The minimum Gasteiger partial charge on any atom is -0.310 e. The average molecular weight is 548 g/mol. The van der Waals surface area contributed by atoms with E-state index in [-0.39, 0.29) is 5.78 Å². The lowest BCUT2D eigenvalue weighted by molar-refractivity contribution is 0.101. The van der Waals surface area contributed by atoms with Crippen LogP contribution in [0.3, 0.4) is 0 Å². The maximum atomic E-state index is 11.9. The molecule has 0 amide bonds. The summed E-state index contributed by atoms with van der Waals surface area (Å²) in [6.45, 7) is 16.1. The average Bonchev–Trinajstić information content (AvgIpc) is 3.62. The van der Waals surface area contributed by atoms with E-state index in [1.807, 2.05) is 37.0 Å². The van der Waals surface area contributed by atoms with Crippen LogP contribution in [0.4, 0.5) is 0 Å². The molecule has 1 aliphatic rings. The number of Topliss-reactive ketones (excluding diaryl/α,β-unsaturated/α-hetero) is 1. The molecule has 0 N–H and O–H groups in total. The van der Waals surface area contributed by atoms with Crippen LogP contribution in [0.15, 0.2) is 41.7 Å². The van der Waals surface area contributed by atoms with E-state index >= 15 is 0 Å². The highest BCUT2D eigenvalue weighted by atomic mass is 16.1. The second kappa shape index (κ2) is 22.1. The number of carbonyl (C=O) groups is 1. The van der Waals surface area contributed by atoms with Crippen LogP contribution in [0.5, 0.6) is 0 Å². The summed E-state index contributed by atoms with van der Waals surface area (Å²) in [5.74, 6) is 1.80. The Kier molecular flexibility index (Phi) is 20.0. The van der Waals surface area contributed by atoms with Crippen molar-refractivity contribution in [3.05, 3.63) is 53.5 Å². The third kappa shape index (κ3) is 14.4. The van der Waals surface area contributed by atoms with Crippen LogP contribution in [0.2, 0.25) is 0 Å². The zero-order valence-electron chi connectivity index (χ0n) is 25.9. The molecule has 0 saturated carbocycles. The van der Waals surface area contributed by atoms with Crippen molar-refractivity contribution in [3.8, 4) is 18.1 Å². The largest absolute Gasteiger partial charge is 0.310 e. The first-order valence-corrected chi connectivity index (χ1v) is 14.4. The summed E-state index contributed by atoms with van der Waals surface area (Å²) in [5.41, 5.74) is 2.32. The number of pyridine rings is 1. The van der Waals surface area contributed by atoms with Crippen molar-refractivity contribution in [1.82, 2.24) is 19.7 Å². The lowest BCUT2D eigenvalue weighted by Crippen LogP contribution is -2.12. The van der Waals surface area contributed by atoms with Gasteiger partial charge >= 0.3 is 0 Å². The number of aliphatic imine (C=N–C) groups is 1. The molecule has 8 heteroatoms. The second-order valence-electron chi connectivity index (χ2n) is 9.64. The van der Waals surface area contributed by atoms with Crippen LogP contribution < -0.4 is 0 Å². The molecular formula is C32H49N7O. The van der Waals surface area contributed by atoms with Crippen molar-refractivity contribution in [3.63, 3.8) is 0 Å². The number of nitriles is 2. The molecule has 2 aromatic heterocycles. The second-order valence-corrected chi connectivity index (χ2v) is 9.64. The summed E-state index contributed by atoms with van der Waals surface area (Å²) < 4.78 is 1.60. The minimum absolute atomic E-state index is 0.0374. The van der Waals surface area contributed by atoms with Crippen molar-refractivity contribution in [2.75, 3.05) is 20.1 Å². The third-order valence-corrected chi connectivity index (χ3v) is 6.11. The molecule has 0 aromatic carbocycles. The summed E-state index contributed by atoms with van der Waals surface area (Å²) in [4.78, 5) is 22.0. The predicted octanol–water partition coefficient (Wildman–Crippen LogP) is 7.00. The molecule has 2 atom stereocenters. The molecule has 1 saturated heterocycles. The van der Waals surface area contributed by atoms with Gasteiger partial charge in [-0.3, -0.25) is 9.79 Å². The first kappa shape index (κ1) is 36.2. The van der Waals surface area contributed by atoms with Gasteiger partial charge in [-0.25, -0.2) is 9.67 Å². The normalized spacial score (nSPS) is 14.7. The van der Waals surface area contributed by atoms with Gasteiger partial charge in [0.25, 0.3) is 0 Å². The summed E-state index contributed by atoms with van der Waals surface area (Å²) in [7, 11) is 1.77. The number of hydrogen-bond donors (Lipinski definition) is 0. The molecule has 218 valence electrons. The van der Waals surface area contributed by atoms with Crippen molar-refractivity contribution < 1.29 is 4.79 Å². The fraction of sp³-hybridized carbons (Fsp3) is 0.562. The Morgan fingerprint density at radius 2 is 2.00 bits per heavy atom. The van der Waals surface area contributed by atoms with E-state index in [1.54, 1.807) is 30.3 Å². The Morgan fingerprint density at radius 1 is 1.27 bits per heavy atom. The van der Waals surface area contributed by atoms with Gasteiger partial charge < -0.3 is 4.90 Å². The minimum atomic E-state index is -0.0374. The van der Waals surface area contributed by atoms with E-state index in [0.717, 1.165) is 49.4 Å². The van der Waals surface area contributed by atoms with Crippen LogP contribution in [-0.2, 0) is 12.8 Å². The van der Waals surface area contributed by atoms with E-state index in [1.165, 1.54) is 19.8 Å². The summed E-state index contributed by atoms with van der Waals surface area (Å²) in [6, 6.07) is 5.91. The Bertz CT molecular complexity index is 1120. The number of carbonyl (C=O) groups excluding carboxylic acids is 1. The highest BCUT2D eigenvalue weighted by molar-refractivity contribution is 5.93. The van der Waals surface area contributed by atoms with Crippen LogP contribution in [0, 0.1) is 34.6 Å². The van der Waals surface area contributed by atoms with Crippen LogP contribution in [0.25, 0.3) is 5.82 Å². The molecule has 2 unspecified atom stereocenters. The number of allylic oxidation sites excluding steroid dienone is 2. The number of hydrogen-bond acceptors (Lipinski definition) is 7. The van der Waals surface area contributed by atoms with Gasteiger partial charge in [0.05, 0.1) is 18.7 Å².